The van der Waals surface area contributed by atoms with Crippen LogP contribution in [0.25, 0.3) is 0 Å². The monoisotopic (exact) mass is 274 g/mol. The van der Waals surface area contributed by atoms with Gasteiger partial charge in [0, 0.05) is 18.2 Å². The van der Waals surface area contributed by atoms with Crippen LogP contribution in [-0.4, -0.2) is 13.0 Å². The number of nitrogens with one attached hydrogen (secondary N) is 2. The van der Waals surface area contributed by atoms with E-state index < -0.39 is 0 Å². The summed E-state index contributed by atoms with van der Waals surface area (Å²) in [5.74, 6) is 0.397. The third kappa shape index (κ3) is 4.34. The summed E-state index contributed by atoms with van der Waals surface area (Å²) in [6, 6.07) is 8.04. The van der Waals surface area contributed by atoms with Gasteiger partial charge in [-0.05, 0) is 31.5 Å². The quantitative estimate of drug-likeness (QED) is 0.879. The van der Waals surface area contributed by atoms with Crippen molar-refractivity contribution in [2.45, 2.75) is 51.5 Å². The first kappa shape index (κ1) is 15.0. The van der Waals surface area contributed by atoms with E-state index in [4.69, 9.17) is 0 Å². The van der Waals surface area contributed by atoms with Crippen molar-refractivity contribution in [2.24, 2.45) is 5.92 Å². The van der Waals surface area contributed by atoms with Gasteiger partial charge in [-0.1, -0.05) is 50.3 Å². The second-order valence-corrected chi connectivity index (χ2v) is 5.72. The minimum Gasteiger partial charge on any atom is -0.326 e. The number of benzene rings is 1. The molecule has 2 N–H and O–H groups in total. The predicted molar refractivity (Wildman–Crippen MR) is 83.6 cm³/mol. The number of anilines is 1. The molecule has 110 valence electrons. The molecular weight excluding hydrogens is 248 g/mol. The molecule has 1 aromatic rings. The summed E-state index contributed by atoms with van der Waals surface area (Å²) in [5, 5.41) is 6.28. The van der Waals surface area contributed by atoms with Gasteiger partial charge in [-0.2, -0.15) is 0 Å². The first-order valence-electron chi connectivity index (χ1n) is 7.84. The van der Waals surface area contributed by atoms with Crippen molar-refractivity contribution in [3.63, 3.8) is 0 Å². The third-order valence-electron chi connectivity index (χ3n) is 4.12. The summed E-state index contributed by atoms with van der Waals surface area (Å²) in [6.45, 7) is 0.779. The fourth-order valence-corrected chi connectivity index (χ4v) is 2.94. The Bertz CT molecular complexity index is 423. The van der Waals surface area contributed by atoms with Gasteiger partial charge in [-0.25, -0.2) is 0 Å². The Morgan fingerprint density at radius 2 is 1.75 bits per heavy atom. The second kappa shape index (κ2) is 8.05. The van der Waals surface area contributed by atoms with Gasteiger partial charge in [-0.15, -0.1) is 0 Å². The zero-order valence-electron chi connectivity index (χ0n) is 12.5. The average Bonchev–Trinajstić information content (AvgIpc) is 2.40. The SMILES string of the molecule is CNCc1ccccc1NC(=O)C1CCCCCCC1. The molecule has 0 spiro atoms. The number of carbonyl (C=O) groups excluding carboxylic acids is 1. The highest BCUT2D eigenvalue weighted by molar-refractivity contribution is 5.93. The Morgan fingerprint density at radius 3 is 2.45 bits per heavy atom. The number of rotatable bonds is 4. The van der Waals surface area contributed by atoms with E-state index >= 15 is 0 Å². The summed E-state index contributed by atoms with van der Waals surface area (Å²) < 4.78 is 0. The number of para-hydroxylation sites is 1. The molecule has 2 rings (SSSR count). The molecule has 3 heteroatoms. The lowest BCUT2D eigenvalue weighted by Gasteiger charge is -2.20. The van der Waals surface area contributed by atoms with E-state index in [9.17, 15) is 4.79 Å². The van der Waals surface area contributed by atoms with E-state index in [0.717, 1.165) is 30.6 Å². The van der Waals surface area contributed by atoms with Crippen molar-refractivity contribution in [1.29, 1.82) is 0 Å². The Morgan fingerprint density at radius 1 is 1.10 bits per heavy atom. The molecule has 0 unspecified atom stereocenters. The summed E-state index contributed by atoms with van der Waals surface area (Å²) in [5.41, 5.74) is 2.10. The lowest BCUT2D eigenvalue weighted by Crippen LogP contribution is -2.24. The van der Waals surface area contributed by atoms with E-state index in [1.54, 1.807) is 0 Å². The van der Waals surface area contributed by atoms with Gasteiger partial charge in [0.15, 0.2) is 0 Å². The van der Waals surface area contributed by atoms with E-state index in [0.29, 0.717) is 0 Å². The van der Waals surface area contributed by atoms with Crippen molar-refractivity contribution in [2.75, 3.05) is 12.4 Å². The van der Waals surface area contributed by atoms with Gasteiger partial charge >= 0.3 is 0 Å². The second-order valence-electron chi connectivity index (χ2n) is 5.72. The molecule has 1 aliphatic carbocycles. The fraction of sp³-hybridized carbons (Fsp3) is 0.588. The lowest BCUT2D eigenvalue weighted by molar-refractivity contribution is -0.120. The highest BCUT2D eigenvalue weighted by Gasteiger charge is 2.19. The molecule has 0 heterocycles. The molecule has 20 heavy (non-hydrogen) atoms. The van der Waals surface area contributed by atoms with E-state index in [1.807, 2.05) is 25.2 Å². The van der Waals surface area contributed by atoms with Crippen LogP contribution < -0.4 is 10.6 Å². The molecule has 0 aromatic heterocycles. The maximum Gasteiger partial charge on any atom is 0.227 e. The first-order chi connectivity index (χ1) is 9.81. The standard InChI is InChI=1S/C17H26N2O/c1-18-13-15-11-7-8-12-16(15)19-17(20)14-9-5-3-2-4-6-10-14/h7-8,11-12,14,18H,2-6,9-10,13H2,1H3,(H,19,20). The largest absolute Gasteiger partial charge is 0.326 e. The van der Waals surface area contributed by atoms with Crippen molar-refractivity contribution < 1.29 is 4.79 Å². The number of hydrogen-bond donors (Lipinski definition) is 2. The van der Waals surface area contributed by atoms with Gasteiger partial charge in [-0.3, -0.25) is 4.79 Å². The maximum atomic E-state index is 12.5. The molecule has 1 amide bonds. The van der Waals surface area contributed by atoms with Crippen LogP contribution in [0.1, 0.15) is 50.5 Å². The molecule has 0 radical (unpaired) electrons. The molecule has 0 saturated heterocycles. The molecule has 1 fully saturated rings. The lowest BCUT2D eigenvalue weighted by atomic mass is 9.90. The molecule has 0 aliphatic heterocycles. The average molecular weight is 274 g/mol. The zero-order chi connectivity index (χ0) is 14.2. The molecule has 1 aromatic carbocycles. The van der Waals surface area contributed by atoms with E-state index in [-0.39, 0.29) is 11.8 Å². The number of hydrogen-bond acceptors (Lipinski definition) is 2. The van der Waals surface area contributed by atoms with Crippen molar-refractivity contribution in [1.82, 2.24) is 5.32 Å². The van der Waals surface area contributed by atoms with Crippen LogP contribution in [-0.2, 0) is 11.3 Å². The van der Waals surface area contributed by atoms with Crippen LogP contribution in [0, 0.1) is 5.92 Å². The molecule has 3 nitrogen and oxygen atoms in total. The highest BCUT2D eigenvalue weighted by Crippen LogP contribution is 2.24. The Balaban J connectivity index is 1.99. The van der Waals surface area contributed by atoms with Gasteiger partial charge in [0.2, 0.25) is 5.91 Å². The van der Waals surface area contributed by atoms with E-state index in [1.165, 1.54) is 32.1 Å². The molecule has 1 aliphatic rings. The molecule has 0 bridgehead atoms. The summed E-state index contributed by atoms with van der Waals surface area (Å²) in [7, 11) is 1.92. The predicted octanol–water partition coefficient (Wildman–Crippen LogP) is 3.71. The third-order valence-corrected chi connectivity index (χ3v) is 4.12. The topological polar surface area (TPSA) is 41.1 Å². The van der Waals surface area contributed by atoms with Gasteiger partial charge < -0.3 is 10.6 Å². The van der Waals surface area contributed by atoms with Crippen molar-refractivity contribution >= 4 is 11.6 Å². The van der Waals surface area contributed by atoms with Crippen molar-refractivity contribution in [3.05, 3.63) is 29.8 Å². The smallest absolute Gasteiger partial charge is 0.227 e. The van der Waals surface area contributed by atoms with E-state index in [2.05, 4.69) is 16.7 Å². The van der Waals surface area contributed by atoms with Crippen LogP contribution in [0.5, 0.6) is 0 Å². The van der Waals surface area contributed by atoms with Crippen LogP contribution >= 0.6 is 0 Å². The highest BCUT2D eigenvalue weighted by atomic mass is 16.1. The zero-order valence-corrected chi connectivity index (χ0v) is 12.5. The first-order valence-corrected chi connectivity index (χ1v) is 7.84. The molecule has 0 atom stereocenters. The van der Waals surface area contributed by atoms with Gasteiger partial charge in [0.25, 0.3) is 0 Å². The summed E-state index contributed by atoms with van der Waals surface area (Å²) in [4.78, 5) is 12.5. The fourth-order valence-electron chi connectivity index (χ4n) is 2.94. The Kier molecular flexibility index (Phi) is 6.06. The molecular formula is C17H26N2O. The van der Waals surface area contributed by atoms with Crippen LogP contribution in [0.4, 0.5) is 5.69 Å². The minimum absolute atomic E-state index is 0.193. The van der Waals surface area contributed by atoms with Crippen molar-refractivity contribution in [3.8, 4) is 0 Å². The van der Waals surface area contributed by atoms with Crippen LogP contribution in [0.15, 0.2) is 24.3 Å². The number of carbonyl (C=O) groups is 1. The Labute approximate surface area is 122 Å². The van der Waals surface area contributed by atoms with Crippen LogP contribution in [0.2, 0.25) is 0 Å². The summed E-state index contributed by atoms with van der Waals surface area (Å²) >= 11 is 0. The summed E-state index contributed by atoms with van der Waals surface area (Å²) in [6.07, 6.45) is 8.35. The minimum atomic E-state index is 0.193. The number of amides is 1. The normalized spacial score (nSPS) is 17.2. The van der Waals surface area contributed by atoms with Gasteiger partial charge in [0.1, 0.15) is 0 Å². The molecule has 1 saturated carbocycles. The maximum absolute atomic E-state index is 12.5. The van der Waals surface area contributed by atoms with Crippen LogP contribution in [0.3, 0.4) is 0 Å². The van der Waals surface area contributed by atoms with Gasteiger partial charge in [0.05, 0.1) is 0 Å². The Hall–Kier alpha value is -1.35.